The molecule has 0 fully saturated rings. The van der Waals surface area contributed by atoms with Crippen LogP contribution >= 0.6 is 0 Å². The molecule has 0 radical (unpaired) electrons. The summed E-state index contributed by atoms with van der Waals surface area (Å²) in [5.41, 5.74) is 5.13. The Morgan fingerprint density at radius 2 is 2.03 bits per heavy atom. The number of rotatable bonds is 8. The number of likely N-dealkylation sites (N-methyl/N-ethyl adjacent to an activating group) is 1. The van der Waals surface area contributed by atoms with E-state index < -0.39 is 15.9 Å². The zero-order valence-electron chi connectivity index (χ0n) is 17.9. The van der Waals surface area contributed by atoms with E-state index in [1.165, 1.54) is 9.71 Å². The number of sulfonamides is 1. The first-order valence-electron chi connectivity index (χ1n) is 9.99. The number of benzene rings is 1. The smallest absolute Gasteiger partial charge is 0.259 e. The molecule has 2 heterocycles. The summed E-state index contributed by atoms with van der Waals surface area (Å²) in [7, 11) is 1.50. The third-order valence-corrected chi connectivity index (χ3v) is 6.69. The number of hydrogen-bond donors (Lipinski definition) is 3. The molecule has 1 aromatic rings. The molecule has 0 spiro atoms. The minimum atomic E-state index is -3.71. The van der Waals surface area contributed by atoms with Crippen molar-refractivity contribution in [3.8, 4) is 5.75 Å². The molecule has 3 rings (SSSR count). The molecule has 10 heteroatoms. The number of methoxy groups -OCH3 is 1. The number of hydroxylamine groups is 1. The molecule has 0 aliphatic carbocycles. The van der Waals surface area contributed by atoms with E-state index in [0.29, 0.717) is 36.4 Å². The molecule has 0 aromatic heterocycles. The van der Waals surface area contributed by atoms with Gasteiger partial charge in [-0.3, -0.25) is 14.3 Å². The van der Waals surface area contributed by atoms with Crippen molar-refractivity contribution in [2.75, 3.05) is 33.1 Å². The predicted octanol–water partition coefficient (Wildman–Crippen LogP) is 2.46. The molecular formula is C21H28N4O5S. The molecule has 0 atom stereocenters. The van der Waals surface area contributed by atoms with Crippen molar-refractivity contribution in [1.29, 1.82) is 0 Å². The molecule has 1 amide bonds. The van der Waals surface area contributed by atoms with E-state index in [9.17, 15) is 13.2 Å². The number of hydrogen-bond acceptors (Lipinski definition) is 7. The number of allylic oxidation sites excluding steroid dienone is 1. The van der Waals surface area contributed by atoms with Gasteiger partial charge in [-0.2, -0.15) is 0 Å². The number of amides is 1. The Kier molecular flexibility index (Phi) is 6.91. The molecule has 0 saturated carbocycles. The van der Waals surface area contributed by atoms with E-state index in [1.807, 2.05) is 38.4 Å². The molecule has 0 unspecified atom stereocenters. The SMILES string of the molecule is COc1ccc2c(c1)NC=CC1=C2N(CCCCCC(=O)NO)S(=O)(=O)C=C1N(C)C. The van der Waals surface area contributed by atoms with E-state index >= 15 is 0 Å². The van der Waals surface area contributed by atoms with Crippen LogP contribution in [0.1, 0.15) is 31.2 Å². The number of nitrogens with one attached hydrogen (secondary N) is 2. The molecule has 9 nitrogen and oxygen atoms in total. The highest BCUT2D eigenvalue weighted by atomic mass is 32.2. The topological polar surface area (TPSA) is 111 Å². The van der Waals surface area contributed by atoms with E-state index in [1.54, 1.807) is 23.7 Å². The number of fused-ring (bicyclic) bond motifs is 2. The Bertz CT molecular complexity index is 1040. The summed E-state index contributed by atoms with van der Waals surface area (Å²) >= 11 is 0. The van der Waals surface area contributed by atoms with Crippen molar-refractivity contribution in [3.63, 3.8) is 0 Å². The maximum absolute atomic E-state index is 13.2. The van der Waals surface area contributed by atoms with Gasteiger partial charge < -0.3 is 15.0 Å². The lowest BCUT2D eigenvalue weighted by Gasteiger charge is -2.34. The van der Waals surface area contributed by atoms with Gasteiger partial charge in [0.2, 0.25) is 5.91 Å². The Labute approximate surface area is 182 Å². The van der Waals surface area contributed by atoms with Crippen LogP contribution in [-0.4, -0.2) is 56.5 Å². The first kappa shape index (κ1) is 22.7. The Morgan fingerprint density at radius 3 is 2.71 bits per heavy atom. The molecular weight excluding hydrogens is 420 g/mol. The highest BCUT2D eigenvalue weighted by Crippen LogP contribution is 2.41. The van der Waals surface area contributed by atoms with Gasteiger partial charge in [0.1, 0.15) is 5.75 Å². The molecule has 0 bridgehead atoms. The van der Waals surface area contributed by atoms with Crippen LogP contribution in [0.5, 0.6) is 5.75 Å². The van der Waals surface area contributed by atoms with Gasteiger partial charge in [-0.1, -0.05) is 6.42 Å². The standard InChI is InChI=1S/C21H28N4O5S/c1-24(2)19-14-31(28,29)25(12-6-4-5-7-20(26)23-27)21-16-9-8-15(30-3)13-18(16)22-11-10-17(19)21/h8-11,13-14,22,27H,4-7,12H2,1-3H3,(H,23,26). The van der Waals surface area contributed by atoms with Crippen molar-refractivity contribution in [3.05, 3.63) is 52.7 Å². The van der Waals surface area contributed by atoms with Gasteiger partial charge in [-0.25, -0.2) is 13.9 Å². The summed E-state index contributed by atoms with van der Waals surface area (Å²) in [6, 6.07) is 5.50. The second kappa shape index (κ2) is 9.44. The van der Waals surface area contributed by atoms with Crippen LogP contribution in [0.3, 0.4) is 0 Å². The quantitative estimate of drug-likeness (QED) is 0.318. The zero-order chi connectivity index (χ0) is 22.6. The number of nitrogens with zero attached hydrogens (tertiary/aromatic N) is 2. The lowest BCUT2D eigenvalue weighted by atomic mass is 10.0. The van der Waals surface area contributed by atoms with Crippen LogP contribution in [0.2, 0.25) is 0 Å². The fraction of sp³-hybridized carbons (Fsp3) is 0.381. The summed E-state index contributed by atoms with van der Waals surface area (Å²) in [4.78, 5) is 13.0. The van der Waals surface area contributed by atoms with Crippen molar-refractivity contribution in [2.45, 2.75) is 25.7 Å². The third kappa shape index (κ3) is 4.86. The van der Waals surface area contributed by atoms with Crippen molar-refractivity contribution >= 4 is 27.3 Å². The number of unbranched alkanes of at least 4 members (excludes halogenated alkanes) is 2. The van der Waals surface area contributed by atoms with Gasteiger partial charge in [-0.15, -0.1) is 0 Å². The summed E-state index contributed by atoms with van der Waals surface area (Å²) in [6.07, 6.45) is 5.64. The van der Waals surface area contributed by atoms with Crippen molar-refractivity contribution < 1.29 is 23.2 Å². The van der Waals surface area contributed by atoms with Gasteiger partial charge in [0.05, 0.1) is 29.6 Å². The summed E-state index contributed by atoms with van der Waals surface area (Å²) in [5.74, 6) is 0.219. The van der Waals surface area contributed by atoms with Crippen LogP contribution in [0.25, 0.3) is 5.70 Å². The van der Waals surface area contributed by atoms with E-state index in [2.05, 4.69) is 5.32 Å². The number of carbonyl (C=O) groups excluding carboxylic acids is 1. The third-order valence-electron chi connectivity index (χ3n) is 5.19. The molecule has 3 N–H and O–H groups in total. The summed E-state index contributed by atoms with van der Waals surface area (Å²) in [6.45, 7) is 0.276. The van der Waals surface area contributed by atoms with Crippen molar-refractivity contribution in [2.24, 2.45) is 0 Å². The molecule has 1 aromatic carbocycles. The second-order valence-corrected chi connectivity index (χ2v) is 9.22. The van der Waals surface area contributed by atoms with Crippen molar-refractivity contribution in [1.82, 2.24) is 14.7 Å². The van der Waals surface area contributed by atoms with Crippen LogP contribution < -0.4 is 15.5 Å². The monoisotopic (exact) mass is 448 g/mol. The molecule has 168 valence electrons. The normalized spacial score (nSPS) is 16.5. The average molecular weight is 449 g/mol. The maximum Gasteiger partial charge on any atom is 0.259 e. The molecule has 2 aliphatic rings. The molecule has 2 aliphatic heterocycles. The van der Waals surface area contributed by atoms with Gasteiger partial charge >= 0.3 is 0 Å². The first-order valence-corrected chi connectivity index (χ1v) is 11.5. The average Bonchev–Trinajstić information content (AvgIpc) is 2.92. The Hall–Kier alpha value is -2.98. The highest BCUT2D eigenvalue weighted by Gasteiger charge is 2.34. The highest BCUT2D eigenvalue weighted by molar-refractivity contribution is 7.92. The maximum atomic E-state index is 13.2. The van der Waals surface area contributed by atoms with Crippen LogP contribution in [0, 0.1) is 0 Å². The minimum Gasteiger partial charge on any atom is -0.497 e. The fourth-order valence-corrected chi connectivity index (χ4v) is 5.23. The predicted molar refractivity (Wildman–Crippen MR) is 118 cm³/mol. The van der Waals surface area contributed by atoms with Gasteiger partial charge in [-0.05, 0) is 31.1 Å². The van der Waals surface area contributed by atoms with Gasteiger partial charge in [0, 0.05) is 50.5 Å². The fourth-order valence-electron chi connectivity index (χ4n) is 3.64. The van der Waals surface area contributed by atoms with Crippen LogP contribution in [0.15, 0.2) is 47.2 Å². The van der Waals surface area contributed by atoms with Crippen LogP contribution in [0.4, 0.5) is 5.69 Å². The largest absolute Gasteiger partial charge is 0.497 e. The lowest BCUT2D eigenvalue weighted by molar-refractivity contribution is -0.129. The first-order chi connectivity index (χ1) is 14.8. The van der Waals surface area contributed by atoms with Crippen LogP contribution in [-0.2, 0) is 14.8 Å². The summed E-state index contributed by atoms with van der Waals surface area (Å²) in [5, 5.41) is 13.1. The Morgan fingerprint density at radius 1 is 1.26 bits per heavy atom. The molecule has 31 heavy (non-hydrogen) atoms. The van der Waals surface area contributed by atoms with E-state index in [4.69, 9.17) is 9.94 Å². The Balaban J connectivity index is 1.98. The summed E-state index contributed by atoms with van der Waals surface area (Å²) < 4.78 is 33.2. The zero-order valence-corrected chi connectivity index (χ0v) is 18.7. The number of ether oxygens (including phenoxy) is 1. The van der Waals surface area contributed by atoms with E-state index in [-0.39, 0.29) is 13.0 Å². The van der Waals surface area contributed by atoms with E-state index in [0.717, 1.165) is 16.8 Å². The van der Waals surface area contributed by atoms with Gasteiger partial charge in [0.25, 0.3) is 10.0 Å². The second-order valence-electron chi connectivity index (χ2n) is 7.51. The lowest BCUT2D eigenvalue weighted by Crippen LogP contribution is -2.35. The van der Waals surface area contributed by atoms with Gasteiger partial charge in [0.15, 0.2) is 0 Å². The minimum absolute atomic E-state index is 0.192. The molecule has 0 saturated heterocycles. The number of carbonyl (C=O) groups is 1. The number of anilines is 1.